The van der Waals surface area contributed by atoms with Gasteiger partial charge >= 0.3 is 5.63 Å². The molecular weight excluding hydrogens is 584 g/mol. The molecule has 2 heterocycles. The molecule has 0 bridgehead atoms. The Balaban J connectivity index is 1.35. The van der Waals surface area contributed by atoms with Gasteiger partial charge in [0.05, 0.1) is 11.4 Å². The molecule has 6 aromatic rings. The normalized spacial score (nSPS) is 11.3. The van der Waals surface area contributed by atoms with Gasteiger partial charge in [0, 0.05) is 32.3 Å². The van der Waals surface area contributed by atoms with Crippen LogP contribution in [-0.2, 0) is 0 Å². The lowest BCUT2D eigenvalue weighted by molar-refractivity contribution is 0.101. The average molecular weight is 602 g/mol. The number of Topliss-reactive ketones (excluding diaryl/α,β-unsaturated/α-hetero) is 1. The lowest BCUT2D eigenvalue weighted by atomic mass is 10.0. The number of carbonyl (C=O) groups excluding carboxylic acids is 1. The van der Waals surface area contributed by atoms with Crippen molar-refractivity contribution in [3.63, 3.8) is 0 Å². The van der Waals surface area contributed by atoms with Crippen molar-refractivity contribution in [1.82, 2.24) is 9.55 Å². The summed E-state index contributed by atoms with van der Waals surface area (Å²) in [5.74, 6) is -0.305. The Kier molecular flexibility index (Phi) is 6.66. The number of nitrogens with zero attached hydrogens (tertiary/aromatic N) is 2. The van der Waals surface area contributed by atoms with Gasteiger partial charge in [0.2, 0.25) is 0 Å². The highest BCUT2D eigenvalue weighted by Crippen LogP contribution is 2.30. The third-order valence-corrected chi connectivity index (χ3v) is 7.93. The molecule has 0 fully saturated rings. The Morgan fingerprint density at radius 3 is 2.50 bits per heavy atom. The molecule has 5 nitrogen and oxygen atoms in total. The van der Waals surface area contributed by atoms with Crippen molar-refractivity contribution in [3.05, 3.63) is 123 Å². The highest BCUT2D eigenvalue weighted by atomic mass is 79.9. The second kappa shape index (κ2) is 10.3. The van der Waals surface area contributed by atoms with Gasteiger partial charge < -0.3 is 4.42 Å². The second-order valence-corrected chi connectivity index (χ2v) is 10.9. The summed E-state index contributed by atoms with van der Waals surface area (Å²) in [6, 6.07) is 28.4. The summed E-state index contributed by atoms with van der Waals surface area (Å²) < 4.78 is 8.42. The maximum absolute atomic E-state index is 13.3. The number of ketones is 1. The Hall–Kier alpha value is -3.65. The van der Waals surface area contributed by atoms with Gasteiger partial charge in [-0.3, -0.25) is 9.36 Å². The molecular formula is C30H18BrClN2O3S. The van der Waals surface area contributed by atoms with Crippen LogP contribution in [0.25, 0.3) is 38.7 Å². The minimum Gasteiger partial charge on any atom is -0.422 e. The molecule has 0 N–H and O–H groups in total. The summed E-state index contributed by atoms with van der Waals surface area (Å²) in [5, 5.41) is 3.91. The Morgan fingerprint density at radius 1 is 0.947 bits per heavy atom. The molecule has 6 rings (SSSR count). The van der Waals surface area contributed by atoms with Crippen LogP contribution in [-0.4, -0.2) is 21.1 Å². The van der Waals surface area contributed by atoms with Crippen molar-refractivity contribution < 1.29 is 9.21 Å². The number of benzene rings is 4. The molecule has 0 atom stereocenters. The van der Waals surface area contributed by atoms with E-state index in [1.165, 1.54) is 11.8 Å². The van der Waals surface area contributed by atoms with Crippen LogP contribution in [0.1, 0.15) is 10.4 Å². The molecule has 2 aromatic heterocycles. The van der Waals surface area contributed by atoms with E-state index in [0.717, 1.165) is 37.6 Å². The van der Waals surface area contributed by atoms with Crippen molar-refractivity contribution in [2.75, 3.05) is 5.75 Å². The van der Waals surface area contributed by atoms with Crippen molar-refractivity contribution in [3.8, 4) is 16.9 Å². The number of imidazole rings is 1. The molecule has 38 heavy (non-hydrogen) atoms. The number of thioether (sulfide) groups is 1. The summed E-state index contributed by atoms with van der Waals surface area (Å²) in [6.07, 6.45) is 1.93. The Morgan fingerprint density at radius 2 is 1.71 bits per heavy atom. The van der Waals surface area contributed by atoms with Crippen LogP contribution in [0.3, 0.4) is 0 Å². The molecule has 186 valence electrons. The lowest BCUT2D eigenvalue weighted by Crippen LogP contribution is -2.16. The minimum atomic E-state index is -0.644. The van der Waals surface area contributed by atoms with E-state index in [1.807, 2.05) is 77.5 Å². The number of aromatic nitrogens is 2. The fraction of sp³-hybridized carbons (Fsp3) is 0.0333. The van der Waals surface area contributed by atoms with Crippen LogP contribution in [0.2, 0.25) is 5.02 Å². The highest BCUT2D eigenvalue weighted by molar-refractivity contribution is 9.10. The number of rotatable bonds is 6. The molecule has 0 radical (unpaired) electrons. The summed E-state index contributed by atoms with van der Waals surface area (Å²) in [7, 11) is 0. The monoisotopic (exact) mass is 600 g/mol. The molecule has 0 aliphatic rings. The zero-order chi connectivity index (χ0) is 26.2. The number of carbonyl (C=O) groups is 1. The third kappa shape index (κ3) is 4.80. The quantitative estimate of drug-likeness (QED) is 0.0833. The van der Waals surface area contributed by atoms with Crippen LogP contribution in [0, 0.1) is 0 Å². The zero-order valence-corrected chi connectivity index (χ0v) is 22.9. The van der Waals surface area contributed by atoms with Gasteiger partial charge in [-0.2, -0.15) is 0 Å². The van der Waals surface area contributed by atoms with Gasteiger partial charge in [-0.25, -0.2) is 9.78 Å². The molecule has 0 spiro atoms. The zero-order valence-electron chi connectivity index (χ0n) is 19.7. The van der Waals surface area contributed by atoms with Crippen molar-refractivity contribution in [1.29, 1.82) is 0 Å². The first-order chi connectivity index (χ1) is 18.5. The summed E-state index contributed by atoms with van der Waals surface area (Å²) >= 11 is 10.8. The van der Waals surface area contributed by atoms with Gasteiger partial charge in [-0.1, -0.05) is 81.8 Å². The number of halogens is 2. The van der Waals surface area contributed by atoms with E-state index in [1.54, 1.807) is 24.3 Å². The van der Waals surface area contributed by atoms with Gasteiger partial charge in [0.15, 0.2) is 10.9 Å². The maximum atomic E-state index is 13.3. The topological polar surface area (TPSA) is 65.1 Å². The van der Waals surface area contributed by atoms with E-state index in [-0.39, 0.29) is 17.1 Å². The van der Waals surface area contributed by atoms with Crippen molar-refractivity contribution >= 4 is 66.8 Å². The third-order valence-electron chi connectivity index (χ3n) is 6.19. The summed E-state index contributed by atoms with van der Waals surface area (Å²) in [4.78, 5) is 30.8. The molecule has 0 aliphatic carbocycles. The molecule has 0 saturated heterocycles. The maximum Gasteiger partial charge on any atom is 0.347 e. The highest BCUT2D eigenvalue weighted by Gasteiger charge is 2.18. The lowest BCUT2D eigenvalue weighted by Gasteiger charge is -2.08. The molecule has 4 aromatic carbocycles. The van der Waals surface area contributed by atoms with E-state index in [9.17, 15) is 9.59 Å². The average Bonchev–Trinajstić information content (AvgIpc) is 3.36. The molecule has 0 amide bonds. The van der Waals surface area contributed by atoms with E-state index in [4.69, 9.17) is 21.0 Å². The summed E-state index contributed by atoms with van der Waals surface area (Å²) in [6.45, 7) is 0. The predicted molar refractivity (Wildman–Crippen MR) is 157 cm³/mol. The smallest absolute Gasteiger partial charge is 0.347 e. The van der Waals surface area contributed by atoms with E-state index in [0.29, 0.717) is 15.8 Å². The molecule has 8 heteroatoms. The van der Waals surface area contributed by atoms with Gasteiger partial charge in [-0.05, 0) is 59.3 Å². The largest absolute Gasteiger partial charge is 0.422 e. The SMILES string of the molecule is O=C(CSc1nc(-c2ccc(Br)cc2)cn1-c1ccc(Cl)cc1)c1cc2c(ccc3ccccc32)oc1=O. The predicted octanol–water partition coefficient (Wildman–Crippen LogP) is 8.19. The van der Waals surface area contributed by atoms with E-state index < -0.39 is 5.63 Å². The second-order valence-electron chi connectivity index (χ2n) is 8.62. The Bertz CT molecular complexity index is 1880. The van der Waals surface area contributed by atoms with E-state index >= 15 is 0 Å². The minimum absolute atomic E-state index is 0.0193. The van der Waals surface area contributed by atoms with Gasteiger partial charge in [-0.15, -0.1) is 0 Å². The van der Waals surface area contributed by atoms with E-state index in [2.05, 4.69) is 15.9 Å². The number of fused-ring (bicyclic) bond motifs is 3. The molecule has 0 saturated carbocycles. The Labute approximate surface area is 235 Å². The van der Waals surface area contributed by atoms with Crippen molar-refractivity contribution in [2.24, 2.45) is 0 Å². The van der Waals surface area contributed by atoms with Crippen LogP contribution in [0.4, 0.5) is 0 Å². The van der Waals surface area contributed by atoms with Gasteiger partial charge in [0.1, 0.15) is 11.1 Å². The molecule has 0 aliphatic heterocycles. The first-order valence-electron chi connectivity index (χ1n) is 11.7. The number of hydrogen-bond donors (Lipinski definition) is 0. The number of hydrogen-bond acceptors (Lipinski definition) is 5. The van der Waals surface area contributed by atoms with Crippen LogP contribution in [0.15, 0.2) is 116 Å². The fourth-order valence-corrected chi connectivity index (χ4v) is 5.55. The fourth-order valence-electron chi connectivity index (χ4n) is 4.29. The van der Waals surface area contributed by atoms with Crippen LogP contribution < -0.4 is 5.63 Å². The summed E-state index contributed by atoms with van der Waals surface area (Å²) in [5.41, 5.74) is 2.40. The van der Waals surface area contributed by atoms with Gasteiger partial charge in [0.25, 0.3) is 0 Å². The van der Waals surface area contributed by atoms with Crippen LogP contribution in [0.5, 0.6) is 0 Å². The first kappa shape index (κ1) is 24.7. The standard InChI is InChI=1S/C30H18BrClN2O3S/c31-20-8-5-19(6-9-20)26-16-34(22-12-10-21(32)11-13-22)30(33-26)38-17-27(35)25-15-24-23-4-2-1-3-18(23)7-14-28(24)37-29(25)36/h1-16H,17H2. The van der Waals surface area contributed by atoms with Crippen LogP contribution >= 0.6 is 39.3 Å². The molecule has 0 unspecified atom stereocenters. The first-order valence-corrected chi connectivity index (χ1v) is 13.8. The van der Waals surface area contributed by atoms with Crippen molar-refractivity contribution in [2.45, 2.75) is 5.16 Å².